The monoisotopic (exact) mass is 645 g/mol. The molecule has 244 valence electrons. The second kappa shape index (κ2) is 11.5. The molecule has 2 saturated carbocycles. The molecule has 0 bridgehead atoms. The highest BCUT2D eigenvalue weighted by atomic mass is 15.1. The van der Waals surface area contributed by atoms with E-state index < -0.39 is 0 Å². The van der Waals surface area contributed by atoms with E-state index in [1.54, 1.807) is 11.1 Å². The topological polar surface area (TPSA) is 3.24 Å². The van der Waals surface area contributed by atoms with Crippen LogP contribution in [0.15, 0.2) is 140 Å². The van der Waals surface area contributed by atoms with Crippen molar-refractivity contribution < 1.29 is 0 Å². The highest BCUT2D eigenvalue weighted by molar-refractivity contribution is 6.15. The van der Waals surface area contributed by atoms with E-state index in [2.05, 4.69) is 158 Å². The van der Waals surface area contributed by atoms with E-state index in [0.717, 1.165) is 0 Å². The van der Waals surface area contributed by atoms with Gasteiger partial charge in [0.2, 0.25) is 0 Å². The van der Waals surface area contributed by atoms with Crippen molar-refractivity contribution in [2.24, 2.45) is 11.8 Å². The first-order chi connectivity index (χ1) is 24.6. The van der Waals surface area contributed by atoms with Crippen molar-refractivity contribution in [1.82, 2.24) is 0 Å². The number of benzene rings is 7. The molecule has 0 radical (unpaired) electrons. The zero-order valence-electron chi connectivity index (χ0n) is 29.1. The highest BCUT2D eigenvalue weighted by Gasteiger charge is 2.57. The number of aryl methyl sites for hydroxylation is 2. The van der Waals surface area contributed by atoms with Gasteiger partial charge in [0, 0.05) is 22.1 Å². The molecule has 0 heterocycles. The summed E-state index contributed by atoms with van der Waals surface area (Å²) in [6.07, 6.45) is 8.08. The molecule has 0 N–H and O–H groups in total. The minimum absolute atomic E-state index is 0.100. The first-order valence-corrected chi connectivity index (χ1v) is 18.7. The summed E-state index contributed by atoms with van der Waals surface area (Å²) in [6, 6.07) is 52.7. The lowest BCUT2D eigenvalue weighted by Crippen LogP contribution is -2.48. The maximum absolute atomic E-state index is 2.60. The molecular formula is C49H43N. The fourth-order valence-corrected chi connectivity index (χ4v) is 10.2. The van der Waals surface area contributed by atoms with Crippen LogP contribution in [0, 0.1) is 25.7 Å². The molecule has 0 aliphatic heterocycles. The molecule has 1 heteroatoms. The molecule has 1 nitrogen and oxygen atoms in total. The Morgan fingerprint density at radius 1 is 0.540 bits per heavy atom. The maximum Gasteiger partial charge on any atom is 0.0546 e. The van der Waals surface area contributed by atoms with Crippen LogP contribution in [0.2, 0.25) is 0 Å². The average molecular weight is 646 g/mol. The number of hydrogen-bond acceptors (Lipinski definition) is 1. The van der Waals surface area contributed by atoms with Gasteiger partial charge in [-0.05, 0) is 125 Å². The Labute approximate surface area is 296 Å². The van der Waals surface area contributed by atoms with Gasteiger partial charge in [-0.15, -0.1) is 0 Å². The van der Waals surface area contributed by atoms with Crippen molar-refractivity contribution in [2.45, 2.75) is 57.8 Å². The Bertz CT molecular complexity index is 2400. The molecule has 7 aromatic rings. The predicted octanol–water partition coefficient (Wildman–Crippen LogP) is 13.6. The second-order valence-corrected chi connectivity index (χ2v) is 15.2. The molecule has 0 spiro atoms. The molecule has 0 atom stereocenters. The van der Waals surface area contributed by atoms with E-state index in [1.165, 1.54) is 111 Å². The summed E-state index contributed by atoms with van der Waals surface area (Å²) in [6.45, 7) is 4.69. The zero-order valence-corrected chi connectivity index (χ0v) is 29.1. The minimum Gasteiger partial charge on any atom is -0.309 e. The Kier molecular flexibility index (Phi) is 6.82. The summed E-state index contributed by atoms with van der Waals surface area (Å²) in [5.41, 5.74) is 15.3. The quantitative estimate of drug-likeness (QED) is 0.163. The van der Waals surface area contributed by atoms with Gasteiger partial charge in [0.15, 0.2) is 0 Å². The normalized spacial score (nSPS) is 16.5. The summed E-state index contributed by atoms with van der Waals surface area (Å²) < 4.78 is 0. The Morgan fingerprint density at radius 3 is 1.88 bits per heavy atom. The van der Waals surface area contributed by atoms with E-state index in [0.29, 0.717) is 11.8 Å². The van der Waals surface area contributed by atoms with Crippen molar-refractivity contribution in [3.8, 4) is 22.3 Å². The molecule has 0 unspecified atom stereocenters. The fraction of sp³-hybridized carbons (Fsp3) is 0.224. The first-order valence-electron chi connectivity index (χ1n) is 18.7. The summed E-state index contributed by atoms with van der Waals surface area (Å²) in [4.78, 5) is 2.60. The number of fused-ring (bicyclic) bond motifs is 6. The second-order valence-electron chi connectivity index (χ2n) is 15.2. The van der Waals surface area contributed by atoms with Crippen LogP contribution in [0.25, 0.3) is 43.8 Å². The lowest BCUT2D eigenvalue weighted by molar-refractivity contribution is 0.0868. The van der Waals surface area contributed by atoms with E-state index >= 15 is 0 Å². The average Bonchev–Trinajstić information content (AvgIpc) is 3.38. The van der Waals surface area contributed by atoms with Gasteiger partial charge in [0.1, 0.15) is 0 Å². The summed E-state index contributed by atoms with van der Waals surface area (Å²) in [5, 5.41) is 5.14. The van der Waals surface area contributed by atoms with Crippen LogP contribution in [-0.2, 0) is 5.41 Å². The van der Waals surface area contributed by atoms with Gasteiger partial charge < -0.3 is 4.90 Å². The fourth-order valence-electron chi connectivity index (χ4n) is 10.2. The molecule has 7 aromatic carbocycles. The van der Waals surface area contributed by atoms with Gasteiger partial charge in [0.25, 0.3) is 0 Å². The Balaban J connectivity index is 1.29. The molecule has 3 aliphatic carbocycles. The van der Waals surface area contributed by atoms with E-state index in [-0.39, 0.29) is 5.41 Å². The number of rotatable bonds is 6. The van der Waals surface area contributed by atoms with Gasteiger partial charge in [-0.25, -0.2) is 0 Å². The van der Waals surface area contributed by atoms with Gasteiger partial charge in [-0.1, -0.05) is 134 Å². The molecule has 50 heavy (non-hydrogen) atoms. The Morgan fingerprint density at radius 2 is 1.18 bits per heavy atom. The first kappa shape index (κ1) is 29.7. The maximum atomic E-state index is 2.60. The lowest BCUT2D eigenvalue weighted by Gasteiger charge is -2.53. The summed E-state index contributed by atoms with van der Waals surface area (Å²) >= 11 is 0. The van der Waals surface area contributed by atoms with Crippen molar-refractivity contribution in [1.29, 1.82) is 0 Å². The Hall–Kier alpha value is -5.14. The van der Waals surface area contributed by atoms with Crippen LogP contribution in [0.5, 0.6) is 0 Å². The number of hydrogen-bond donors (Lipinski definition) is 0. The predicted molar refractivity (Wildman–Crippen MR) is 212 cm³/mol. The van der Waals surface area contributed by atoms with Gasteiger partial charge in [0.05, 0.1) is 11.4 Å². The van der Waals surface area contributed by atoms with Crippen LogP contribution in [0.3, 0.4) is 0 Å². The minimum atomic E-state index is 0.100. The number of nitrogens with zero attached hydrogens (tertiary/aromatic N) is 1. The van der Waals surface area contributed by atoms with Crippen LogP contribution in [0.1, 0.15) is 60.8 Å². The van der Waals surface area contributed by atoms with Gasteiger partial charge in [-0.3, -0.25) is 0 Å². The smallest absolute Gasteiger partial charge is 0.0546 e. The highest BCUT2D eigenvalue weighted by Crippen LogP contribution is 2.67. The zero-order chi connectivity index (χ0) is 33.4. The van der Waals surface area contributed by atoms with Crippen LogP contribution < -0.4 is 4.90 Å². The molecule has 10 rings (SSSR count). The van der Waals surface area contributed by atoms with Crippen molar-refractivity contribution >= 4 is 38.6 Å². The van der Waals surface area contributed by atoms with E-state index in [9.17, 15) is 0 Å². The van der Waals surface area contributed by atoms with Crippen LogP contribution in [-0.4, -0.2) is 0 Å². The third-order valence-electron chi connectivity index (χ3n) is 12.6. The van der Waals surface area contributed by atoms with Crippen molar-refractivity contribution in [2.75, 3.05) is 4.90 Å². The molecule has 0 saturated heterocycles. The SMILES string of the molecule is Cc1cc(C)c2c(c1)-c1c(N(c3ccc(-c4ccccc4)cc3)c3cc4ccccc4c4ccccc34)cccc1C2(C1CCC1)C1CCC1. The molecule has 2 fully saturated rings. The van der Waals surface area contributed by atoms with E-state index in [1.807, 2.05) is 0 Å². The van der Waals surface area contributed by atoms with Crippen LogP contribution >= 0.6 is 0 Å². The lowest BCUT2D eigenvalue weighted by atomic mass is 9.50. The summed E-state index contributed by atoms with van der Waals surface area (Å²) in [7, 11) is 0. The van der Waals surface area contributed by atoms with Gasteiger partial charge >= 0.3 is 0 Å². The van der Waals surface area contributed by atoms with Gasteiger partial charge in [-0.2, -0.15) is 0 Å². The molecule has 0 amide bonds. The largest absolute Gasteiger partial charge is 0.309 e. The van der Waals surface area contributed by atoms with Crippen LogP contribution in [0.4, 0.5) is 17.1 Å². The summed E-state index contributed by atoms with van der Waals surface area (Å²) in [5.74, 6) is 1.43. The number of anilines is 3. The standard InChI is InChI=1S/C49H43N/c1-32-29-33(2)48-43(30-32)47-44(49(48,37-16-10-17-37)38-18-11-19-38)23-12-24-45(47)50(39-27-25-35(26-28-39)34-13-4-3-5-14-34)46-31-36-15-6-7-20-40(36)41-21-8-9-22-42(41)46/h3-9,12-15,20-31,37-38H,10-11,16-19H2,1-2H3. The van der Waals surface area contributed by atoms with E-state index in [4.69, 9.17) is 0 Å². The molecular weight excluding hydrogens is 603 g/mol. The molecule has 3 aliphatic rings. The third kappa shape index (κ3) is 4.25. The third-order valence-corrected chi connectivity index (χ3v) is 12.6. The molecule has 0 aromatic heterocycles. The van der Waals surface area contributed by atoms with Crippen molar-refractivity contribution in [3.63, 3.8) is 0 Å². The van der Waals surface area contributed by atoms with Crippen molar-refractivity contribution in [3.05, 3.63) is 162 Å².